The molecule has 20 heavy (non-hydrogen) atoms. The van der Waals surface area contributed by atoms with Gasteiger partial charge in [0, 0.05) is 12.2 Å². The van der Waals surface area contributed by atoms with Gasteiger partial charge >= 0.3 is 0 Å². The molecule has 1 aromatic carbocycles. The van der Waals surface area contributed by atoms with Gasteiger partial charge in [-0.1, -0.05) is 0 Å². The summed E-state index contributed by atoms with van der Waals surface area (Å²) < 4.78 is 1.12. The molecular formula is C15H19N3OS. The van der Waals surface area contributed by atoms with E-state index in [2.05, 4.69) is 15.6 Å². The van der Waals surface area contributed by atoms with Crippen LogP contribution >= 0.6 is 11.3 Å². The average molecular weight is 289 g/mol. The van der Waals surface area contributed by atoms with Gasteiger partial charge in [-0.3, -0.25) is 4.79 Å². The summed E-state index contributed by atoms with van der Waals surface area (Å²) >= 11 is 1.65. The number of anilines is 1. The second kappa shape index (κ2) is 5.14. The number of piperidine rings is 1. The minimum absolute atomic E-state index is 0.102. The van der Waals surface area contributed by atoms with Crippen LogP contribution in [0.2, 0.25) is 0 Å². The Morgan fingerprint density at radius 1 is 1.50 bits per heavy atom. The Morgan fingerprint density at radius 3 is 3.10 bits per heavy atom. The van der Waals surface area contributed by atoms with Crippen molar-refractivity contribution in [3.63, 3.8) is 0 Å². The van der Waals surface area contributed by atoms with E-state index in [1.807, 2.05) is 32.0 Å². The van der Waals surface area contributed by atoms with E-state index in [1.165, 1.54) is 0 Å². The molecule has 1 atom stereocenters. The number of hydrogen-bond acceptors (Lipinski definition) is 4. The van der Waals surface area contributed by atoms with Gasteiger partial charge in [-0.25, -0.2) is 4.98 Å². The average Bonchev–Trinajstić information content (AvgIpc) is 2.79. The van der Waals surface area contributed by atoms with Gasteiger partial charge < -0.3 is 10.6 Å². The molecule has 2 N–H and O–H groups in total. The summed E-state index contributed by atoms with van der Waals surface area (Å²) in [4.78, 5) is 16.9. The number of nitrogens with zero attached hydrogens (tertiary/aromatic N) is 1. The summed E-state index contributed by atoms with van der Waals surface area (Å²) in [5.74, 6) is 0.102. The maximum absolute atomic E-state index is 12.5. The van der Waals surface area contributed by atoms with Gasteiger partial charge in [0.05, 0.1) is 20.6 Å². The Balaban J connectivity index is 1.79. The first-order valence-corrected chi connectivity index (χ1v) is 7.78. The van der Waals surface area contributed by atoms with Gasteiger partial charge in [-0.15, -0.1) is 11.3 Å². The summed E-state index contributed by atoms with van der Waals surface area (Å²) in [6, 6.07) is 5.91. The van der Waals surface area contributed by atoms with E-state index in [4.69, 9.17) is 0 Å². The van der Waals surface area contributed by atoms with Crippen LogP contribution in [0.1, 0.15) is 24.8 Å². The summed E-state index contributed by atoms with van der Waals surface area (Å²) in [5.41, 5.74) is 1.55. The molecular weight excluding hydrogens is 270 g/mol. The molecule has 2 aromatic rings. The molecule has 1 aliphatic heterocycles. The molecule has 4 nitrogen and oxygen atoms in total. The van der Waals surface area contributed by atoms with E-state index < -0.39 is 0 Å². The fourth-order valence-electron chi connectivity index (χ4n) is 2.65. The number of amides is 1. The van der Waals surface area contributed by atoms with Crippen LogP contribution in [0, 0.1) is 12.3 Å². The van der Waals surface area contributed by atoms with E-state index in [-0.39, 0.29) is 11.3 Å². The van der Waals surface area contributed by atoms with Gasteiger partial charge in [0.25, 0.3) is 0 Å². The first-order valence-electron chi connectivity index (χ1n) is 6.96. The van der Waals surface area contributed by atoms with E-state index in [0.717, 1.165) is 46.8 Å². The molecule has 1 fully saturated rings. The minimum atomic E-state index is -0.309. The Kier molecular flexibility index (Phi) is 3.48. The molecule has 0 radical (unpaired) electrons. The van der Waals surface area contributed by atoms with Crippen LogP contribution in [0.4, 0.5) is 5.69 Å². The van der Waals surface area contributed by atoms with Crippen molar-refractivity contribution in [3.05, 3.63) is 23.2 Å². The smallest absolute Gasteiger partial charge is 0.231 e. The van der Waals surface area contributed by atoms with Gasteiger partial charge in [0.1, 0.15) is 0 Å². The largest absolute Gasteiger partial charge is 0.326 e. The molecule has 1 amide bonds. The van der Waals surface area contributed by atoms with Crippen molar-refractivity contribution in [1.82, 2.24) is 10.3 Å². The zero-order valence-corrected chi connectivity index (χ0v) is 12.6. The molecule has 1 unspecified atom stereocenters. The van der Waals surface area contributed by atoms with Crippen LogP contribution < -0.4 is 10.6 Å². The van der Waals surface area contributed by atoms with Crippen LogP contribution in [0.3, 0.4) is 0 Å². The Bertz CT molecular complexity index is 644. The number of fused-ring (bicyclic) bond motifs is 1. The van der Waals surface area contributed by atoms with Gasteiger partial charge in [-0.2, -0.15) is 0 Å². The van der Waals surface area contributed by atoms with E-state index in [9.17, 15) is 4.79 Å². The predicted octanol–water partition coefficient (Wildman–Crippen LogP) is 2.93. The molecule has 2 heterocycles. The number of aryl methyl sites for hydroxylation is 1. The molecule has 1 aromatic heterocycles. The standard InChI is InChI=1S/C15H19N3OS/c1-10-17-12-5-4-11(8-13(12)20-10)18-14(19)15(2)6-3-7-16-9-15/h4-5,8,16H,3,6-7,9H2,1-2H3,(H,18,19). The van der Waals surface area contributed by atoms with Crippen LogP contribution in [-0.4, -0.2) is 24.0 Å². The fourth-order valence-corrected chi connectivity index (χ4v) is 3.52. The van der Waals surface area contributed by atoms with E-state index in [1.54, 1.807) is 11.3 Å². The first kappa shape index (κ1) is 13.5. The topological polar surface area (TPSA) is 54.0 Å². The number of carbonyl (C=O) groups excluding carboxylic acids is 1. The lowest BCUT2D eigenvalue weighted by atomic mass is 9.82. The number of rotatable bonds is 2. The van der Waals surface area contributed by atoms with Gasteiger partial charge in [0.2, 0.25) is 5.91 Å². The number of thiazole rings is 1. The minimum Gasteiger partial charge on any atom is -0.326 e. The molecule has 3 rings (SSSR count). The summed E-state index contributed by atoms with van der Waals surface area (Å²) in [7, 11) is 0. The van der Waals surface area contributed by atoms with Crippen molar-refractivity contribution in [2.75, 3.05) is 18.4 Å². The maximum Gasteiger partial charge on any atom is 0.231 e. The third kappa shape index (κ3) is 2.55. The van der Waals surface area contributed by atoms with Gasteiger partial charge in [-0.05, 0) is 51.4 Å². The normalized spacial score (nSPS) is 22.9. The molecule has 0 saturated carbocycles. The summed E-state index contributed by atoms with van der Waals surface area (Å²) in [5, 5.41) is 7.41. The fraction of sp³-hybridized carbons (Fsp3) is 0.467. The van der Waals surface area contributed by atoms with E-state index in [0.29, 0.717) is 0 Å². The second-order valence-electron chi connectivity index (χ2n) is 5.71. The number of hydrogen-bond donors (Lipinski definition) is 2. The lowest BCUT2D eigenvalue weighted by Gasteiger charge is -2.32. The van der Waals surface area contributed by atoms with Crippen molar-refractivity contribution < 1.29 is 4.79 Å². The zero-order chi connectivity index (χ0) is 14.2. The lowest BCUT2D eigenvalue weighted by Crippen LogP contribution is -2.46. The third-order valence-corrected chi connectivity index (χ3v) is 4.83. The number of nitrogens with one attached hydrogen (secondary N) is 2. The highest BCUT2D eigenvalue weighted by molar-refractivity contribution is 7.18. The highest BCUT2D eigenvalue weighted by Crippen LogP contribution is 2.29. The molecule has 1 aliphatic rings. The molecule has 0 spiro atoms. The van der Waals surface area contributed by atoms with Crippen molar-refractivity contribution in [2.24, 2.45) is 5.41 Å². The Morgan fingerprint density at radius 2 is 2.35 bits per heavy atom. The van der Waals surface area contributed by atoms with Crippen molar-refractivity contribution in [1.29, 1.82) is 0 Å². The predicted molar refractivity (Wildman–Crippen MR) is 83.2 cm³/mol. The molecule has 0 aliphatic carbocycles. The maximum atomic E-state index is 12.5. The van der Waals surface area contributed by atoms with Crippen LogP contribution in [0.25, 0.3) is 10.2 Å². The number of carbonyl (C=O) groups is 1. The molecule has 1 saturated heterocycles. The van der Waals surface area contributed by atoms with Crippen LogP contribution in [-0.2, 0) is 4.79 Å². The second-order valence-corrected chi connectivity index (χ2v) is 6.95. The lowest BCUT2D eigenvalue weighted by molar-refractivity contribution is -0.125. The highest BCUT2D eigenvalue weighted by atomic mass is 32.1. The van der Waals surface area contributed by atoms with Crippen LogP contribution in [0.5, 0.6) is 0 Å². The van der Waals surface area contributed by atoms with Crippen molar-refractivity contribution in [2.45, 2.75) is 26.7 Å². The first-order chi connectivity index (χ1) is 9.57. The number of aromatic nitrogens is 1. The highest BCUT2D eigenvalue weighted by Gasteiger charge is 2.34. The summed E-state index contributed by atoms with van der Waals surface area (Å²) in [6.45, 7) is 5.79. The van der Waals surface area contributed by atoms with Crippen LogP contribution in [0.15, 0.2) is 18.2 Å². The molecule has 106 valence electrons. The zero-order valence-electron chi connectivity index (χ0n) is 11.8. The number of benzene rings is 1. The summed E-state index contributed by atoms with van der Waals surface area (Å²) in [6.07, 6.45) is 1.99. The Labute approximate surface area is 122 Å². The quantitative estimate of drug-likeness (QED) is 0.893. The Hall–Kier alpha value is -1.46. The van der Waals surface area contributed by atoms with Crippen molar-refractivity contribution in [3.8, 4) is 0 Å². The monoisotopic (exact) mass is 289 g/mol. The van der Waals surface area contributed by atoms with Crippen molar-refractivity contribution >= 4 is 33.1 Å². The molecule has 5 heteroatoms. The van der Waals surface area contributed by atoms with E-state index >= 15 is 0 Å². The molecule has 0 bridgehead atoms. The van der Waals surface area contributed by atoms with Gasteiger partial charge in [0.15, 0.2) is 0 Å². The SMILES string of the molecule is Cc1nc2ccc(NC(=O)C3(C)CCCNC3)cc2s1. The third-order valence-electron chi connectivity index (χ3n) is 3.90.